The van der Waals surface area contributed by atoms with Crippen molar-refractivity contribution in [2.24, 2.45) is 11.8 Å². The van der Waals surface area contributed by atoms with Gasteiger partial charge in [0.1, 0.15) is 0 Å². The summed E-state index contributed by atoms with van der Waals surface area (Å²) in [7, 11) is 0. The number of rotatable bonds is 4. The van der Waals surface area contributed by atoms with Crippen molar-refractivity contribution in [2.45, 2.75) is 39.2 Å². The monoisotopic (exact) mass is 172 g/mol. The van der Waals surface area contributed by atoms with E-state index in [2.05, 4.69) is 13.8 Å². The van der Waals surface area contributed by atoms with Gasteiger partial charge in [0.25, 0.3) is 0 Å². The molecular formula is C10H20O2. The van der Waals surface area contributed by atoms with E-state index in [1.54, 1.807) is 0 Å². The van der Waals surface area contributed by atoms with Gasteiger partial charge in [-0.3, -0.25) is 0 Å². The highest BCUT2D eigenvalue weighted by molar-refractivity contribution is 4.73. The Balaban J connectivity index is 2.06. The standard InChI is InChI=1S/C10H20O2/c1-8(2)4-3-5-9-6-12-7-10(9)11/h8-11H,3-7H2,1-2H3/t9-,10-/m1/s1. The second-order valence-electron chi connectivity index (χ2n) is 4.19. The smallest absolute Gasteiger partial charge is 0.0823 e. The second kappa shape index (κ2) is 4.83. The Kier molecular flexibility index (Phi) is 4.02. The Bertz CT molecular complexity index is 123. The molecule has 0 aliphatic carbocycles. The molecule has 1 aliphatic rings. The van der Waals surface area contributed by atoms with E-state index in [1.807, 2.05) is 0 Å². The number of ether oxygens (including phenoxy) is 1. The van der Waals surface area contributed by atoms with Gasteiger partial charge in [-0.2, -0.15) is 0 Å². The largest absolute Gasteiger partial charge is 0.390 e. The highest BCUT2D eigenvalue weighted by atomic mass is 16.5. The molecule has 2 atom stereocenters. The highest BCUT2D eigenvalue weighted by Crippen LogP contribution is 2.20. The summed E-state index contributed by atoms with van der Waals surface area (Å²) in [4.78, 5) is 0. The topological polar surface area (TPSA) is 29.5 Å². The molecule has 0 radical (unpaired) electrons. The van der Waals surface area contributed by atoms with Gasteiger partial charge in [-0.1, -0.05) is 26.7 Å². The van der Waals surface area contributed by atoms with E-state index < -0.39 is 0 Å². The normalized spacial score (nSPS) is 30.0. The maximum absolute atomic E-state index is 9.43. The molecule has 0 unspecified atom stereocenters. The van der Waals surface area contributed by atoms with Crippen LogP contribution in [0, 0.1) is 11.8 Å². The van der Waals surface area contributed by atoms with Crippen LogP contribution >= 0.6 is 0 Å². The lowest BCUT2D eigenvalue weighted by Crippen LogP contribution is -2.17. The first kappa shape index (κ1) is 10.0. The fraction of sp³-hybridized carbons (Fsp3) is 1.00. The van der Waals surface area contributed by atoms with Crippen LogP contribution < -0.4 is 0 Å². The fourth-order valence-corrected chi connectivity index (χ4v) is 1.65. The van der Waals surface area contributed by atoms with E-state index in [0.717, 1.165) is 18.9 Å². The lowest BCUT2D eigenvalue weighted by Gasteiger charge is -2.12. The third-order valence-corrected chi connectivity index (χ3v) is 2.52. The molecule has 1 N–H and O–H groups in total. The predicted molar refractivity (Wildman–Crippen MR) is 49.0 cm³/mol. The van der Waals surface area contributed by atoms with Crippen molar-refractivity contribution < 1.29 is 9.84 Å². The third-order valence-electron chi connectivity index (χ3n) is 2.52. The van der Waals surface area contributed by atoms with Gasteiger partial charge in [-0.25, -0.2) is 0 Å². The fourth-order valence-electron chi connectivity index (χ4n) is 1.65. The zero-order chi connectivity index (χ0) is 8.97. The average Bonchev–Trinajstić information content (AvgIpc) is 2.36. The van der Waals surface area contributed by atoms with Crippen LogP contribution in [0.4, 0.5) is 0 Å². The van der Waals surface area contributed by atoms with Crippen LogP contribution in [0.25, 0.3) is 0 Å². The lowest BCUT2D eigenvalue weighted by atomic mass is 9.96. The number of hydrogen-bond donors (Lipinski definition) is 1. The Hall–Kier alpha value is -0.0800. The van der Waals surface area contributed by atoms with Crippen LogP contribution in [-0.2, 0) is 4.74 Å². The lowest BCUT2D eigenvalue weighted by molar-refractivity contribution is 0.116. The van der Waals surface area contributed by atoms with Crippen LogP contribution in [0.1, 0.15) is 33.1 Å². The van der Waals surface area contributed by atoms with E-state index in [0.29, 0.717) is 12.5 Å². The molecule has 0 aromatic heterocycles. The van der Waals surface area contributed by atoms with E-state index in [1.165, 1.54) is 12.8 Å². The highest BCUT2D eigenvalue weighted by Gasteiger charge is 2.25. The summed E-state index contributed by atoms with van der Waals surface area (Å²) in [6.07, 6.45) is 3.42. The molecule has 0 amide bonds. The Morgan fingerprint density at radius 3 is 2.67 bits per heavy atom. The molecule has 1 saturated heterocycles. The molecule has 12 heavy (non-hydrogen) atoms. The molecule has 2 nitrogen and oxygen atoms in total. The molecule has 1 fully saturated rings. The van der Waals surface area contributed by atoms with Gasteiger partial charge in [-0.05, 0) is 12.3 Å². The van der Waals surface area contributed by atoms with Crippen molar-refractivity contribution in [1.82, 2.24) is 0 Å². The number of aliphatic hydroxyl groups is 1. The van der Waals surface area contributed by atoms with Gasteiger partial charge in [0.05, 0.1) is 19.3 Å². The zero-order valence-corrected chi connectivity index (χ0v) is 8.12. The van der Waals surface area contributed by atoms with Crippen LogP contribution in [0.5, 0.6) is 0 Å². The molecule has 0 spiro atoms. The molecule has 1 heterocycles. The van der Waals surface area contributed by atoms with Gasteiger partial charge >= 0.3 is 0 Å². The van der Waals surface area contributed by atoms with Gasteiger partial charge in [0.15, 0.2) is 0 Å². The minimum atomic E-state index is -0.197. The van der Waals surface area contributed by atoms with Gasteiger partial charge in [-0.15, -0.1) is 0 Å². The predicted octanol–water partition coefficient (Wildman–Crippen LogP) is 1.82. The molecule has 0 aromatic carbocycles. The van der Waals surface area contributed by atoms with Crippen LogP contribution in [0.2, 0.25) is 0 Å². The SMILES string of the molecule is CC(C)CCC[C@@H]1COC[C@H]1O. The van der Waals surface area contributed by atoms with E-state index >= 15 is 0 Å². The first-order chi connectivity index (χ1) is 5.70. The number of hydrogen-bond acceptors (Lipinski definition) is 2. The summed E-state index contributed by atoms with van der Waals surface area (Å²) in [5.41, 5.74) is 0. The van der Waals surface area contributed by atoms with Crippen molar-refractivity contribution in [3.05, 3.63) is 0 Å². The molecule has 1 rings (SSSR count). The second-order valence-corrected chi connectivity index (χ2v) is 4.19. The maximum atomic E-state index is 9.43. The molecule has 0 saturated carbocycles. The van der Waals surface area contributed by atoms with Crippen molar-refractivity contribution in [1.29, 1.82) is 0 Å². The molecule has 1 aliphatic heterocycles. The Morgan fingerprint density at radius 1 is 1.42 bits per heavy atom. The summed E-state index contributed by atoms with van der Waals surface area (Å²) in [6, 6.07) is 0. The summed E-state index contributed by atoms with van der Waals surface area (Å²) in [5, 5.41) is 9.43. The molecule has 0 bridgehead atoms. The first-order valence-electron chi connectivity index (χ1n) is 4.96. The van der Waals surface area contributed by atoms with Gasteiger partial charge < -0.3 is 9.84 Å². The van der Waals surface area contributed by atoms with E-state index in [-0.39, 0.29) is 6.10 Å². The van der Waals surface area contributed by atoms with Crippen molar-refractivity contribution in [3.8, 4) is 0 Å². The third kappa shape index (κ3) is 3.11. The van der Waals surface area contributed by atoms with Gasteiger partial charge in [0, 0.05) is 5.92 Å². The zero-order valence-electron chi connectivity index (χ0n) is 8.12. The van der Waals surface area contributed by atoms with Gasteiger partial charge in [0.2, 0.25) is 0 Å². The quantitative estimate of drug-likeness (QED) is 0.701. The first-order valence-corrected chi connectivity index (χ1v) is 4.96. The molecule has 0 aromatic rings. The van der Waals surface area contributed by atoms with Crippen molar-refractivity contribution >= 4 is 0 Å². The van der Waals surface area contributed by atoms with Crippen LogP contribution in [0.15, 0.2) is 0 Å². The maximum Gasteiger partial charge on any atom is 0.0823 e. The summed E-state index contributed by atoms with van der Waals surface area (Å²) >= 11 is 0. The van der Waals surface area contributed by atoms with E-state index in [9.17, 15) is 5.11 Å². The summed E-state index contributed by atoms with van der Waals surface area (Å²) < 4.78 is 5.18. The molecular weight excluding hydrogens is 152 g/mol. The van der Waals surface area contributed by atoms with Crippen LogP contribution in [-0.4, -0.2) is 24.4 Å². The number of aliphatic hydroxyl groups excluding tert-OH is 1. The average molecular weight is 172 g/mol. The van der Waals surface area contributed by atoms with Crippen molar-refractivity contribution in [3.63, 3.8) is 0 Å². The Labute approximate surface area is 74.9 Å². The van der Waals surface area contributed by atoms with Crippen LogP contribution in [0.3, 0.4) is 0 Å². The summed E-state index contributed by atoms with van der Waals surface area (Å²) in [6.45, 7) is 5.79. The molecule has 72 valence electrons. The Morgan fingerprint density at radius 2 is 2.17 bits per heavy atom. The summed E-state index contributed by atoms with van der Waals surface area (Å²) in [5.74, 6) is 1.19. The minimum Gasteiger partial charge on any atom is -0.390 e. The molecule has 2 heteroatoms. The van der Waals surface area contributed by atoms with E-state index in [4.69, 9.17) is 4.74 Å². The minimum absolute atomic E-state index is 0.197. The van der Waals surface area contributed by atoms with Crippen molar-refractivity contribution in [2.75, 3.05) is 13.2 Å².